The Morgan fingerprint density at radius 2 is 2.11 bits per heavy atom. The molecule has 0 amide bonds. The molecule has 0 saturated carbocycles. The van der Waals surface area contributed by atoms with Crippen LogP contribution < -0.4 is 5.73 Å². The zero-order valence-electron chi connectivity index (χ0n) is 11.5. The lowest BCUT2D eigenvalue weighted by atomic mass is 10.0. The van der Waals surface area contributed by atoms with Gasteiger partial charge in [-0.25, -0.2) is 0 Å². The molecule has 102 valence electrons. The number of aromatic nitrogens is 2. The van der Waals surface area contributed by atoms with Crippen LogP contribution in [-0.4, -0.2) is 16.2 Å². The molecule has 0 aliphatic carbocycles. The van der Waals surface area contributed by atoms with Gasteiger partial charge in [-0.2, -0.15) is 0 Å². The lowest BCUT2D eigenvalue weighted by molar-refractivity contribution is 0.646. The molecule has 2 N–H and O–H groups in total. The highest BCUT2D eigenvalue weighted by atomic mass is 32.2. The molecule has 0 saturated heterocycles. The summed E-state index contributed by atoms with van der Waals surface area (Å²) < 4.78 is 0.999. The van der Waals surface area contributed by atoms with Crippen LogP contribution in [0.1, 0.15) is 29.5 Å². The van der Waals surface area contributed by atoms with Crippen LogP contribution in [0.25, 0.3) is 0 Å². The van der Waals surface area contributed by atoms with Gasteiger partial charge in [0.2, 0.25) is 0 Å². The van der Waals surface area contributed by atoms with E-state index in [9.17, 15) is 0 Å². The monoisotopic (exact) mass is 293 g/mol. The van der Waals surface area contributed by atoms with Crippen molar-refractivity contribution in [3.05, 3.63) is 34.3 Å². The van der Waals surface area contributed by atoms with Crippen LogP contribution in [-0.2, 0) is 6.42 Å². The Labute approximate surface area is 122 Å². The molecule has 1 unspecified atom stereocenters. The summed E-state index contributed by atoms with van der Waals surface area (Å²) in [6.07, 6.45) is 1.96. The van der Waals surface area contributed by atoms with Crippen LogP contribution in [0.4, 0.5) is 0 Å². The molecule has 1 atom stereocenters. The standard InChI is InChI=1S/C14H19N3S2/c1-4-12(15)8-11-5-6-13(9(2)7-11)19-14-17-16-10(3)18-14/h5-7,12H,4,8,15H2,1-3H3. The van der Waals surface area contributed by atoms with Crippen molar-refractivity contribution >= 4 is 23.1 Å². The summed E-state index contributed by atoms with van der Waals surface area (Å²) in [4.78, 5) is 1.24. The van der Waals surface area contributed by atoms with E-state index in [1.807, 2.05) is 6.92 Å². The fraction of sp³-hybridized carbons (Fsp3) is 0.429. The summed E-state index contributed by atoms with van der Waals surface area (Å²) in [5.74, 6) is 0. The van der Waals surface area contributed by atoms with Crippen molar-refractivity contribution in [3.63, 3.8) is 0 Å². The lowest BCUT2D eigenvalue weighted by Crippen LogP contribution is -2.21. The fourth-order valence-corrected chi connectivity index (χ4v) is 3.65. The predicted octanol–water partition coefficient (Wildman–Crippen LogP) is 3.59. The molecule has 3 nitrogen and oxygen atoms in total. The van der Waals surface area contributed by atoms with Gasteiger partial charge in [0.05, 0.1) is 0 Å². The summed E-state index contributed by atoms with van der Waals surface area (Å²) in [6, 6.07) is 6.81. The molecular weight excluding hydrogens is 274 g/mol. The second-order valence-corrected chi connectivity index (χ2v) is 7.13. The molecule has 0 spiro atoms. The van der Waals surface area contributed by atoms with E-state index in [4.69, 9.17) is 5.73 Å². The van der Waals surface area contributed by atoms with Crippen molar-refractivity contribution in [1.29, 1.82) is 0 Å². The van der Waals surface area contributed by atoms with Crippen molar-refractivity contribution in [2.24, 2.45) is 5.73 Å². The third-order valence-electron chi connectivity index (χ3n) is 2.97. The smallest absolute Gasteiger partial charge is 0.179 e. The lowest BCUT2D eigenvalue weighted by Gasteiger charge is -2.11. The quantitative estimate of drug-likeness (QED) is 0.915. The maximum atomic E-state index is 6.00. The Morgan fingerprint density at radius 1 is 1.32 bits per heavy atom. The summed E-state index contributed by atoms with van der Waals surface area (Å²) in [5.41, 5.74) is 8.58. The Bertz CT molecular complexity index is 551. The average Bonchev–Trinajstić information content (AvgIpc) is 2.78. The van der Waals surface area contributed by atoms with Crippen molar-refractivity contribution in [1.82, 2.24) is 10.2 Å². The highest BCUT2D eigenvalue weighted by Gasteiger charge is 2.08. The highest BCUT2D eigenvalue weighted by molar-refractivity contribution is 8.01. The largest absolute Gasteiger partial charge is 0.327 e. The van der Waals surface area contributed by atoms with Crippen LogP contribution in [0.5, 0.6) is 0 Å². The van der Waals surface area contributed by atoms with Crippen molar-refractivity contribution in [3.8, 4) is 0 Å². The molecule has 0 fully saturated rings. The summed E-state index contributed by atoms with van der Waals surface area (Å²) in [7, 11) is 0. The Kier molecular flexibility index (Phi) is 4.96. The maximum Gasteiger partial charge on any atom is 0.179 e. The van der Waals surface area contributed by atoms with Crippen LogP contribution >= 0.6 is 23.1 Å². The zero-order chi connectivity index (χ0) is 13.8. The Hall–Kier alpha value is -0.910. The minimum atomic E-state index is 0.253. The Balaban J connectivity index is 2.10. The molecule has 1 aromatic heterocycles. The first-order valence-corrected chi connectivity index (χ1v) is 8.05. The normalized spacial score (nSPS) is 12.6. The van der Waals surface area contributed by atoms with E-state index in [0.717, 1.165) is 22.2 Å². The average molecular weight is 293 g/mol. The van der Waals surface area contributed by atoms with E-state index in [-0.39, 0.29) is 6.04 Å². The third-order valence-corrected chi connectivity index (χ3v) is 5.03. The van der Waals surface area contributed by atoms with Crippen LogP contribution in [0, 0.1) is 13.8 Å². The van der Waals surface area contributed by atoms with Gasteiger partial charge in [-0.1, -0.05) is 42.2 Å². The molecule has 19 heavy (non-hydrogen) atoms. The molecule has 0 radical (unpaired) electrons. The van der Waals surface area contributed by atoms with E-state index in [1.54, 1.807) is 23.1 Å². The number of hydrogen-bond donors (Lipinski definition) is 1. The van der Waals surface area contributed by atoms with Crippen LogP contribution in [0.15, 0.2) is 27.4 Å². The number of aryl methyl sites for hydroxylation is 2. The number of hydrogen-bond acceptors (Lipinski definition) is 5. The van der Waals surface area contributed by atoms with Crippen molar-refractivity contribution < 1.29 is 0 Å². The van der Waals surface area contributed by atoms with Gasteiger partial charge < -0.3 is 5.73 Å². The summed E-state index contributed by atoms with van der Waals surface area (Å²) >= 11 is 3.31. The molecule has 5 heteroatoms. The van der Waals surface area contributed by atoms with Gasteiger partial charge in [-0.15, -0.1) is 10.2 Å². The topological polar surface area (TPSA) is 51.8 Å². The predicted molar refractivity (Wildman–Crippen MR) is 81.9 cm³/mol. The maximum absolute atomic E-state index is 6.00. The van der Waals surface area contributed by atoms with E-state index < -0.39 is 0 Å². The minimum absolute atomic E-state index is 0.253. The van der Waals surface area contributed by atoms with Crippen LogP contribution in [0.3, 0.4) is 0 Å². The molecule has 0 aliphatic heterocycles. The highest BCUT2D eigenvalue weighted by Crippen LogP contribution is 2.32. The molecule has 1 heterocycles. The van der Waals surface area contributed by atoms with E-state index in [0.29, 0.717) is 0 Å². The van der Waals surface area contributed by atoms with Gasteiger partial charge in [0.15, 0.2) is 4.34 Å². The minimum Gasteiger partial charge on any atom is -0.327 e. The van der Waals surface area contributed by atoms with Crippen molar-refractivity contribution in [2.75, 3.05) is 0 Å². The van der Waals surface area contributed by atoms with Gasteiger partial charge in [-0.3, -0.25) is 0 Å². The van der Waals surface area contributed by atoms with Gasteiger partial charge in [0.25, 0.3) is 0 Å². The van der Waals surface area contributed by atoms with E-state index in [2.05, 4.69) is 42.2 Å². The first kappa shape index (κ1) is 14.5. The van der Waals surface area contributed by atoms with Gasteiger partial charge in [0, 0.05) is 10.9 Å². The number of rotatable bonds is 5. The summed E-state index contributed by atoms with van der Waals surface area (Å²) in [6.45, 7) is 6.24. The molecule has 1 aromatic carbocycles. The molecule has 2 aromatic rings. The van der Waals surface area contributed by atoms with E-state index in [1.165, 1.54) is 16.0 Å². The fourth-order valence-electron chi connectivity index (χ4n) is 1.81. The first-order valence-electron chi connectivity index (χ1n) is 6.41. The van der Waals surface area contributed by atoms with Crippen LogP contribution in [0.2, 0.25) is 0 Å². The van der Waals surface area contributed by atoms with Gasteiger partial charge in [-0.05, 0) is 43.9 Å². The van der Waals surface area contributed by atoms with Crippen molar-refractivity contribution in [2.45, 2.75) is 48.9 Å². The van der Waals surface area contributed by atoms with Gasteiger partial charge >= 0.3 is 0 Å². The number of nitrogens with two attached hydrogens (primary N) is 1. The molecule has 0 bridgehead atoms. The zero-order valence-corrected chi connectivity index (χ0v) is 13.1. The van der Waals surface area contributed by atoms with Gasteiger partial charge in [0.1, 0.15) is 5.01 Å². The second kappa shape index (κ2) is 6.50. The Morgan fingerprint density at radius 3 is 2.68 bits per heavy atom. The number of nitrogens with zero attached hydrogens (tertiary/aromatic N) is 2. The number of benzene rings is 1. The third kappa shape index (κ3) is 4.03. The second-order valence-electron chi connectivity index (χ2n) is 4.66. The molecule has 2 rings (SSSR count). The molecular formula is C14H19N3S2. The SMILES string of the molecule is CCC(N)Cc1ccc(Sc2nnc(C)s2)c(C)c1. The van der Waals surface area contributed by atoms with E-state index >= 15 is 0 Å². The molecule has 0 aliphatic rings. The first-order chi connectivity index (χ1) is 9.08. The summed E-state index contributed by atoms with van der Waals surface area (Å²) in [5, 5.41) is 9.19.